The standard InChI is InChI=1S/C15H15BrN4O2/c1-9(4-14-17-2-3-18-14)22-8-13(21)12-7-20-15-11(12)5-10(16)6-19-15/h2-3,5-7,9H,4,8H2,1H3,(H,17,18)(H,19,20). The number of ketones is 1. The summed E-state index contributed by atoms with van der Waals surface area (Å²) >= 11 is 3.37. The van der Waals surface area contributed by atoms with Gasteiger partial charge in [-0.3, -0.25) is 4.79 Å². The van der Waals surface area contributed by atoms with Crippen molar-refractivity contribution in [2.75, 3.05) is 6.61 Å². The lowest BCUT2D eigenvalue weighted by molar-refractivity contribution is 0.0520. The third-order valence-electron chi connectivity index (χ3n) is 3.33. The molecular weight excluding hydrogens is 348 g/mol. The molecule has 0 saturated carbocycles. The summed E-state index contributed by atoms with van der Waals surface area (Å²) in [4.78, 5) is 26.7. The molecule has 22 heavy (non-hydrogen) atoms. The predicted octanol–water partition coefficient (Wildman–Crippen LogP) is 2.88. The van der Waals surface area contributed by atoms with E-state index >= 15 is 0 Å². The summed E-state index contributed by atoms with van der Waals surface area (Å²) in [5.41, 5.74) is 1.28. The molecule has 0 aliphatic rings. The molecule has 0 radical (unpaired) electrons. The second kappa shape index (κ2) is 6.41. The van der Waals surface area contributed by atoms with Crippen LogP contribution < -0.4 is 0 Å². The SMILES string of the molecule is CC(Cc1ncc[nH]1)OCC(=O)c1c[nH]c2ncc(Br)cc12. The van der Waals surface area contributed by atoms with Crippen LogP contribution in [0.25, 0.3) is 11.0 Å². The molecule has 0 amide bonds. The fraction of sp³-hybridized carbons (Fsp3) is 0.267. The van der Waals surface area contributed by atoms with Gasteiger partial charge in [0.05, 0.1) is 6.10 Å². The number of carbonyl (C=O) groups excluding carboxylic acids is 1. The van der Waals surface area contributed by atoms with Gasteiger partial charge in [-0.2, -0.15) is 0 Å². The number of Topliss-reactive ketones (excluding diaryl/α,β-unsaturated/α-hetero) is 1. The third-order valence-corrected chi connectivity index (χ3v) is 3.77. The van der Waals surface area contributed by atoms with E-state index in [1.54, 1.807) is 24.8 Å². The molecule has 3 heterocycles. The molecule has 1 atom stereocenters. The van der Waals surface area contributed by atoms with Crippen LogP contribution in [0.1, 0.15) is 23.1 Å². The number of aromatic amines is 2. The van der Waals surface area contributed by atoms with E-state index in [4.69, 9.17) is 4.74 Å². The van der Waals surface area contributed by atoms with Crippen molar-refractivity contribution in [1.82, 2.24) is 19.9 Å². The zero-order chi connectivity index (χ0) is 15.5. The molecule has 0 aliphatic heterocycles. The summed E-state index contributed by atoms with van der Waals surface area (Å²) in [7, 11) is 0. The highest BCUT2D eigenvalue weighted by molar-refractivity contribution is 9.10. The topological polar surface area (TPSA) is 83.7 Å². The highest BCUT2D eigenvalue weighted by Gasteiger charge is 2.15. The molecule has 0 spiro atoms. The van der Waals surface area contributed by atoms with Crippen LogP contribution in [0.5, 0.6) is 0 Å². The first-order valence-electron chi connectivity index (χ1n) is 6.89. The first kappa shape index (κ1) is 14.9. The van der Waals surface area contributed by atoms with Gasteiger partial charge in [-0.05, 0) is 28.9 Å². The lowest BCUT2D eigenvalue weighted by Gasteiger charge is -2.10. The van der Waals surface area contributed by atoms with Gasteiger partial charge in [0.25, 0.3) is 0 Å². The molecular formula is C15H15BrN4O2. The molecule has 3 aromatic heterocycles. The lowest BCUT2D eigenvalue weighted by atomic mass is 10.1. The number of pyridine rings is 1. The van der Waals surface area contributed by atoms with E-state index in [1.807, 2.05) is 13.0 Å². The Morgan fingerprint density at radius 1 is 1.41 bits per heavy atom. The van der Waals surface area contributed by atoms with Gasteiger partial charge >= 0.3 is 0 Å². The smallest absolute Gasteiger partial charge is 0.190 e. The third kappa shape index (κ3) is 3.26. The Labute approximate surface area is 135 Å². The predicted molar refractivity (Wildman–Crippen MR) is 85.8 cm³/mol. The Hall–Kier alpha value is -1.99. The minimum atomic E-state index is -0.0924. The molecule has 3 aromatic rings. The average Bonchev–Trinajstić information content (AvgIpc) is 3.13. The number of fused-ring (bicyclic) bond motifs is 1. The summed E-state index contributed by atoms with van der Waals surface area (Å²) in [5.74, 6) is 0.776. The zero-order valence-electron chi connectivity index (χ0n) is 12.0. The van der Waals surface area contributed by atoms with E-state index in [0.29, 0.717) is 17.6 Å². The van der Waals surface area contributed by atoms with Crippen molar-refractivity contribution in [3.05, 3.63) is 46.7 Å². The van der Waals surface area contributed by atoms with Crippen LogP contribution in [-0.4, -0.2) is 38.4 Å². The van der Waals surface area contributed by atoms with Crippen molar-refractivity contribution >= 4 is 32.7 Å². The van der Waals surface area contributed by atoms with Gasteiger partial charge in [-0.15, -0.1) is 0 Å². The summed E-state index contributed by atoms with van der Waals surface area (Å²) < 4.78 is 6.46. The van der Waals surface area contributed by atoms with Gasteiger partial charge in [0.2, 0.25) is 0 Å². The maximum Gasteiger partial charge on any atom is 0.190 e. The van der Waals surface area contributed by atoms with Gasteiger partial charge in [0.1, 0.15) is 18.1 Å². The first-order chi connectivity index (χ1) is 10.6. The number of ether oxygens (including phenoxy) is 1. The monoisotopic (exact) mass is 362 g/mol. The molecule has 2 N–H and O–H groups in total. The van der Waals surface area contributed by atoms with E-state index in [-0.39, 0.29) is 18.5 Å². The Morgan fingerprint density at radius 3 is 3.05 bits per heavy atom. The van der Waals surface area contributed by atoms with E-state index in [9.17, 15) is 4.79 Å². The van der Waals surface area contributed by atoms with Crippen molar-refractivity contribution in [1.29, 1.82) is 0 Å². The molecule has 0 aromatic carbocycles. The van der Waals surface area contributed by atoms with Crippen LogP contribution in [0.15, 0.2) is 35.3 Å². The molecule has 6 nitrogen and oxygen atoms in total. The summed E-state index contributed by atoms with van der Waals surface area (Å²) in [6.45, 7) is 1.95. The summed E-state index contributed by atoms with van der Waals surface area (Å²) in [5, 5.41) is 0.793. The molecule has 1 unspecified atom stereocenters. The lowest BCUT2D eigenvalue weighted by Crippen LogP contribution is -2.18. The molecule has 0 fully saturated rings. The average molecular weight is 363 g/mol. The minimum absolute atomic E-state index is 0.0291. The molecule has 0 saturated heterocycles. The quantitative estimate of drug-likeness (QED) is 0.660. The molecule has 114 valence electrons. The first-order valence-corrected chi connectivity index (χ1v) is 7.68. The van der Waals surface area contributed by atoms with Crippen LogP contribution in [0.3, 0.4) is 0 Å². The van der Waals surface area contributed by atoms with Crippen molar-refractivity contribution in [2.45, 2.75) is 19.4 Å². The summed E-state index contributed by atoms with van der Waals surface area (Å²) in [6.07, 6.45) is 7.38. The maximum absolute atomic E-state index is 12.3. The normalized spacial score (nSPS) is 12.6. The molecule has 3 rings (SSSR count). The fourth-order valence-electron chi connectivity index (χ4n) is 2.25. The Kier molecular flexibility index (Phi) is 4.35. The van der Waals surface area contributed by atoms with Crippen LogP contribution >= 0.6 is 15.9 Å². The minimum Gasteiger partial charge on any atom is -0.370 e. The maximum atomic E-state index is 12.3. The van der Waals surface area contributed by atoms with Crippen LogP contribution in [0.2, 0.25) is 0 Å². The van der Waals surface area contributed by atoms with Gasteiger partial charge in [0, 0.05) is 46.6 Å². The van der Waals surface area contributed by atoms with Crippen LogP contribution in [0.4, 0.5) is 0 Å². The van der Waals surface area contributed by atoms with Gasteiger partial charge in [0.15, 0.2) is 5.78 Å². The second-order valence-electron chi connectivity index (χ2n) is 5.04. The summed E-state index contributed by atoms with van der Waals surface area (Å²) in [6, 6.07) is 1.87. The number of H-pyrrole nitrogens is 2. The second-order valence-corrected chi connectivity index (χ2v) is 5.95. The van der Waals surface area contributed by atoms with Gasteiger partial charge in [-0.1, -0.05) is 0 Å². The van der Waals surface area contributed by atoms with E-state index < -0.39 is 0 Å². The van der Waals surface area contributed by atoms with Crippen molar-refractivity contribution in [3.63, 3.8) is 0 Å². The molecule has 0 bridgehead atoms. The number of carbonyl (C=O) groups is 1. The zero-order valence-corrected chi connectivity index (χ0v) is 13.6. The number of hydrogen-bond donors (Lipinski definition) is 2. The molecule has 7 heteroatoms. The number of rotatable bonds is 6. The highest BCUT2D eigenvalue weighted by atomic mass is 79.9. The van der Waals surface area contributed by atoms with E-state index in [0.717, 1.165) is 15.7 Å². The number of hydrogen-bond acceptors (Lipinski definition) is 4. The van der Waals surface area contributed by atoms with Gasteiger partial charge in [-0.25, -0.2) is 9.97 Å². The van der Waals surface area contributed by atoms with E-state index in [1.165, 1.54) is 0 Å². The molecule has 0 aliphatic carbocycles. The number of aromatic nitrogens is 4. The number of halogens is 1. The number of imidazole rings is 1. The number of nitrogens with one attached hydrogen (secondary N) is 2. The number of nitrogens with zero attached hydrogens (tertiary/aromatic N) is 2. The van der Waals surface area contributed by atoms with E-state index in [2.05, 4.69) is 35.9 Å². The Morgan fingerprint density at radius 2 is 2.27 bits per heavy atom. The highest BCUT2D eigenvalue weighted by Crippen LogP contribution is 2.21. The van der Waals surface area contributed by atoms with Crippen molar-refractivity contribution in [3.8, 4) is 0 Å². The Bertz CT molecular complexity index is 782. The fourth-order valence-corrected chi connectivity index (χ4v) is 2.58. The largest absolute Gasteiger partial charge is 0.370 e. The van der Waals surface area contributed by atoms with Crippen LogP contribution in [0, 0.1) is 0 Å². The Balaban J connectivity index is 1.64. The van der Waals surface area contributed by atoms with Gasteiger partial charge < -0.3 is 14.7 Å². The van der Waals surface area contributed by atoms with Crippen LogP contribution in [-0.2, 0) is 11.2 Å². The van der Waals surface area contributed by atoms with Crippen molar-refractivity contribution in [2.24, 2.45) is 0 Å². The van der Waals surface area contributed by atoms with Crippen molar-refractivity contribution < 1.29 is 9.53 Å².